The summed E-state index contributed by atoms with van der Waals surface area (Å²) in [5, 5.41) is 9.95. The van der Waals surface area contributed by atoms with Gasteiger partial charge in [0.2, 0.25) is 0 Å². The fourth-order valence-corrected chi connectivity index (χ4v) is 4.09. The van der Waals surface area contributed by atoms with E-state index in [9.17, 15) is 10.00 Å². The summed E-state index contributed by atoms with van der Waals surface area (Å²) < 4.78 is 11.1. The molecular formula is C13H25O4P. The van der Waals surface area contributed by atoms with Crippen molar-refractivity contribution in [2.45, 2.75) is 57.8 Å². The third-order valence-electron chi connectivity index (χ3n) is 4.33. The molecule has 0 aromatic carbocycles. The van der Waals surface area contributed by atoms with Gasteiger partial charge in [0, 0.05) is 12.1 Å². The molecule has 0 spiro atoms. The normalized spacial score (nSPS) is 39.3. The standard InChI is InChI=1S/C13H25O4P/c1-9-10(2)17-12(13(9)14)7-16-18(15)8-11-5-3-4-6-11/h9-15H,3-8H2,1-2H3/t9-,10+,12-,13+,18?/m1/s1. The molecule has 2 aliphatic rings. The van der Waals surface area contributed by atoms with Crippen LogP contribution in [-0.4, -0.2) is 41.1 Å². The molecule has 0 radical (unpaired) electrons. The van der Waals surface area contributed by atoms with Crippen molar-refractivity contribution in [1.29, 1.82) is 0 Å². The van der Waals surface area contributed by atoms with E-state index < -0.39 is 14.5 Å². The van der Waals surface area contributed by atoms with E-state index in [-0.39, 0.29) is 18.1 Å². The molecule has 2 rings (SSSR count). The molecule has 1 aliphatic heterocycles. The highest BCUT2D eigenvalue weighted by Gasteiger charge is 2.38. The average Bonchev–Trinajstić information content (AvgIpc) is 2.92. The van der Waals surface area contributed by atoms with Crippen LogP contribution in [0.5, 0.6) is 0 Å². The average molecular weight is 276 g/mol. The Labute approximate surface area is 111 Å². The van der Waals surface area contributed by atoms with Crippen LogP contribution < -0.4 is 0 Å². The molecule has 1 heterocycles. The summed E-state index contributed by atoms with van der Waals surface area (Å²) in [7, 11) is -1.35. The maximum Gasteiger partial charge on any atom is 0.168 e. The topological polar surface area (TPSA) is 58.9 Å². The van der Waals surface area contributed by atoms with Gasteiger partial charge >= 0.3 is 0 Å². The van der Waals surface area contributed by atoms with Gasteiger partial charge in [0.1, 0.15) is 6.10 Å². The zero-order valence-electron chi connectivity index (χ0n) is 11.3. The van der Waals surface area contributed by atoms with Crippen LogP contribution in [0.1, 0.15) is 39.5 Å². The lowest BCUT2D eigenvalue weighted by atomic mass is 10.00. The highest BCUT2D eigenvalue weighted by atomic mass is 31.2. The van der Waals surface area contributed by atoms with Crippen LogP contribution in [0.4, 0.5) is 0 Å². The van der Waals surface area contributed by atoms with Crippen molar-refractivity contribution in [3.63, 3.8) is 0 Å². The first-order valence-electron chi connectivity index (χ1n) is 7.00. The van der Waals surface area contributed by atoms with E-state index in [1.807, 2.05) is 13.8 Å². The second-order valence-corrected chi connectivity index (χ2v) is 7.04. The van der Waals surface area contributed by atoms with E-state index in [0.29, 0.717) is 12.5 Å². The molecule has 4 nitrogen and oxygen atoms in total. The van der Waals surface area contributed by atoms with Crippen LogP contribution in [0.15, 0.2) is 0 Å². The maximum atomic E-state index is 9.95. The Morgan fingerprint density at radius 1 is 1.28 bits per heavy atom. The van der Waals surface area contributed by atoms with Crippen molar-refractivity contribution in [2.24, 2.45) is 11.8 Å². The van der Waals surface area contributed by atoms with Crippen LogP contribution in [0.2, 0.25) is 0 Å². The molecule has 2 N–H and O–H groups in total. The first-order chi connectivity index (χ1) is 8.58. The zero-order valence-corrected chi connectivity index (χ0v) is 12.2. The lowest BCUT2D eigenvalue weighted by Crippen LogP contribution is -2.29. The third-order valence-corrected chi connectivity index (χ3v) is 5.60. The molecule has 18 heavy (non-hydrogen) atoms. The number of hydrogen-bond donors (Lipinski definition) is 2. The number of hydrogen-bond acceptors (Lipinski definition) is 4. The van der Waals surface area contributed by atoms with Crippen molar-refractivity contribution >= 4 is 8.38 Å². The lowest BCUT2D eigenvalue weighted by molar-refractivity contribution is -0.0106. The Bertz CT molecular complexity index is 257. The number of aliphatic hydroxyl groups excluding tert-OH is 1. The minimum Gasteiger partial charge on any atom is -0.390 e. The molecule has 1 saturated carbocycles. The highest BCUT2D eigenvalue weighted by molar-refractivity contribution is 7.46. The minimum absolute atomic E-state index is 0.0633. The molecule has 0 bridgehead atoms. The van der Waals surface area contributed by atoms with Gasteiger partial charge in [0.15, 0.2) is 8.38 Å². The van der Waals surface area contributed by atoms with Gasteiger partial charge in [-0.3, -0.25) is 0 Å². The van der Waals surface area contributed by atoms with E-state index >= 15 is 0 Å². The SMILES string of the molecule is C[C@H]1[C@H](O)[C@@H](COP(O)CC2CCCC2)O[C@H]1C. The largest absolute Gasteiger partial charge is 0.390 e. The summed E-state index contributed by atoms with van der Waals surface area (Å²) in [5.41, 5.74) is 0. The summed E-state index contributed by atoms with van der Waals surface area (Å²) >= 11 is 0. The fraction of sp³-hybridized carbons (Fsp3) is 1.00. The fourth-order valence-electron chi connectivity index (χ4n) is 2.86. The van der Waals surface area contributed by atoms with Gasteiger partial charge in [0.05, 0.1) is 18.8 Å². The predicted molar refractivity (Wildman–Crippen MR) is 71.4 cm³/mol. The zero-order chi connectivity index (χ0) is 13.1. The first-order valence-corrected chi connectivity index (χ1v) is 8.40. The molecule has 1 aliphatic carbocycles. The van der Waals surface area contributed by atoms with E-state index in [2.05, 4.69) is 0 Å². The monoisotopic (exact) mass is 276 g/mol. The molecule has 0 aromatic heterocycles. The van der Waals surface area contributed by atoms with Crippen molar-refractivity contribution in [1.82, 2.24) is 0 Å². The van der Waals surface area contributed by atoms with Crippen LogP contribution >= 0.6 is 8.38 Å². The van der Waals surface area contributed by atoms with E-state index in [1.165, 1.54) is 25.7 Å². The van der Waals surface area contributed by atoms with Gasteiger partial charge in [-0.25, -0.2) is 0 Å². The number of ether oxygens (including phenoxy) is 1. The van der Waals surface area contributed by atoms with Crippen molar-refractivity contribution in [3.05, 3.63) is 0 Å². The van der Waals surface area contributed by atoms with Gasteiger partial charge in [-0.2, -0.15) is 0 Å². The molecule has 2 fully saturated rings. The van der Waals surface area contributed by atoms with Gasteiger partial charge in [-0.05, 0) is 25.7 Å². The molecule has 5 atom stereocenters. The Morgan fingerprint density at radius 3 is 2.50 bits per heavy atom. The van der Waals surface area contributed by atoms with Gasteiger partial charge in [-0.15, -0.1) is 0 Å². The van der Waals surface area contributed by atoms with E-state index in [0.717, 1.165) is 6.16 Å². The van der Waals surface area contributed by atoms with Crippen LogP contribution in [-0.2, 0) is 9.26 Å². The molecule has 106 valence electrons. The molecule has 0 aromatic rings. The summed E-state index contributed by atoms with van der Waals surface area (Å²) in [6, 6.07) is 0. The van der Waals surface area contributed by atoms with Crippen LogP contribution in [0.25, 0.3) is 0 Å². The summed E-state index contributed by atoms with van der Waals surface area (Å²) in [5.74, 6) is 0.770. The van der Waals surface area contributed by atoms with Gasteiger partial charge in [0.25, 0.3) is 0 Å². The van der Waals surface area contributed by atoms with Crippen LogP contribution in [0.3, 0.4) is 0 Å². The van der Waals surface area contributed by atoms with Crippen molar-refractivity contribution in [2.75, 3.05) is 12.8 Å². The Balaban J connectivity index is 1.67. The molecule has 1 unspecified atom stereocenters. The second kappa shape index (κ2) is 6.62. The van der Waals surface area contributed by atoms with Gasteiger partial charge < -0.3 is 19.3 Å². The first kappa shape index (κ1) is 14.7. The lowest BCUT2D eigenvalue weighted by Gasteiger charge is -2.19. The Kier molecular flexibility index (Phi) is 5.40. The Hall–Kier alpha value is 0.270. The van der Waals surface area contributed by atoms with E-state index in [4.69, 9.17) is 9.26 Å². The van der Waals surface area contributed by atoms with Crippen molar-refractivity contribution < 1.29 is 19.3 Å². The maximum absolute atomic E-state index is 9.95. The highest BCUT2D eigenvalue weighted by Crippen LogP contribution is 2.40. The van der Waals surface area contributed by atoms with Crippen LogP contribution in [0, 0.1) is 11.8 Å². The predicted octanol–water partition coefficient (Wildman–Crippen LogP) is 2.28. The molecule has 1 saturated heterocycles. The van der Waals surface area contributed by atoms with E-state index in [1.54, 1.807) is 0 Å². The molecular weight excluding hydrogens is 251 g/mol. The number of rotatable bonds is 5. The smallest absolute Gasteiger partial charge is 0.168 e. The molecule has 5 heteroatoms. The second-order valence-electron chi connectivity index (χ2n) is 5.71. The van der Waals surface area contributed by atoms with Crippen molar-refractivity contribution in [3.8, 4) is 0 Å². The summed E-state index contributed by atoms with van der Waals surface area (Å²) in [4.78, 5) is 9.89. The molecule has 0 amide bonds. The Morgan fingerprint density at radius 2 is 1.94 bits per heavy atom. The summed E-state index contributed by atoms with van der Waals surface area (Å²) in [6.07, 6.45) is 5.10. The third kappa shape index (κ3) is 3.64. The quantitative estimate of drug-likeness (QED) is 0.756. The van der Waals surface area contributed by atoms with Gasteiger partial charge in [-0.1, -0.05) is 19.8 Å². The number of aliphatic hydroxyl groups is 1. The summed E-state index contributed by atoms with van der Waals surface area (Å²) in [6.45, 7) is 4.26. The minimum atomic E-state index is -1.35.